The molecular formula is C29H23ClN4O8S3. The van der Waals surface area contributed by atoms with E-state index in [1.54, 1.807) is 36.4 Å². The molecule has 16 heteroatoms. The Labute approximate surface area is 269 Å². The van der Waals surface area contributed by atoms with E-state index in [1.807, 2.05) is 0 Å². The lowest BCUT2D eigenvalue weighted by molar-refractivity contribution is -0.122. The van der Waals surface area contributed by atoms with Gasteiger partial charge in [0.2, 0.25) is 27.7 Å². The van der Waals surface area contributed by atoms with Crippen molar-refractivity contribution >= 4 is 73.8 Å². The third-order valence-electron chi connectivity index (χ3n) is 7.47. The summed E-state index contributed by atoms with van der Waals surface area (Å²) in [4.78, 5) is 55.3. The molecule has 0 saturated carbocycles. The van der Waals surface area contributed by atoms with Crippen LogP contribution in [0.4, 0.5) is 11.4 Å². The third-order valence-corrected chi connectivity index (χ3v) is 11.3. The number of nitrogens with one attached hydrogen (secondary N) is 1. The van der Waals surface area contributed by atoms with E-state index in [-0.39, 0.29) is 22.1 Å². The molecule has 2 aliphatic rings. The van der Waals surface area contributed by atoms with E-state index in [2.05, 4.69) is 5.32 Å². The van der Waals surface area contributed by atoms with Gasteiger partial charge in [-0.1, -0.05) is 40.8 Å². The van der Waals surface area contributed by atoms with Crippen LogP contribution in [0.25, 0.3) is 0 Å². The number of hydrogen-bond donors (Lipinski definition) is 3. The van der Waals surface area contributed by atoms with Gasteiger partial charge in [0.1, 0.15) is 11.8 Å². The summed E-state index contributed by atoms with van der Waals surface area (Å²) in [6.45, 7) is -0.416. The van der Waals surface area contributed by atoms with Crippen molar-refractivity contribution in [3.63, 3.8) is 0 Å². The Bertz CT molecular complexity index is 2030. The van der Waals surface area contributed by atoms with Crippen LogP contribution in [0, 0.1) is 5.92 Å². The summed E-state index contributed by atoms with van der Waals surface area (Å²) in [6.07, 6.45) is 0. The smallest absolute Gasteiger partial charge is 0.308 e. The van der Waals surface area contributed by atoms with Crippen molar-refractivity contribution in [1.29, 1.82) is 0 Å². The molecule has 232 valence electrons. The number of thioether (sulfide) groups is 1. The molecule has 12 nitrogen and oxygen atoms in total. The van der Waals surface area contributed by atoms with Gasteiger partial charge in [-0.2, -0.15) is 0 Å². The number of rotatable bonds is 7. The molecule has 6 rings (SSSR count). The second-order valence-corrected chi connectivity index (χ2v) is 14.3. The molecule has 3 amide bonds. The minimum atomic E-state index is -3.92. The zero-order valence-corrected chi connectivity index (χ0v) is 26.4. The Balaban J connectivity index is 1.39. The number of sulfonamides is 1. The number of phenols is 1. The summed E-state index contributed by atoms with van der Waals surface area (Å²) in [6, 6.07) is 16.1. The summed E-state index contributed by atoms with van der Waals surface area (Å²) >= 11 is 7.95. The number of imide groups is 1. The molecule has 0 radical (unpaired) electrons. The number of halogens is 1. The zero-order valence-electron chi connectivity index (χ0n) is 23.2. The molecule has 0 aliphatic carbocycles. The molecule has 2 aliphatic heterocycles. The summed E-state index contributed by atoms with van der Waals surface area (Å²) in [7, 11) is -2.54. The lowest BCUT2D eigenvalue weighted by atomic mass is 9.83. The number of benzene rings is 3. The van der Waals surface area contributed by atoms with Gasteiger partial charge in [0.15, 0.2) is 11.5 Å². The minimum absolute atomic E-state index is 0.126. The number of amides is 3. The Morgan fingerprint density at radius 1 is 1.04 bits per heavy atom. The summed E-state index contributed by atoms with van der Waals surface area (Å²) in [5, 5.41) is 17.9. The highest BCUT2D eigenvalue weighted by molar-refractivity contribution is 8.00. The minimum Gasteiger partial charge on any atom is -0.504 e. The molecule has 1 aromatic heterocycles. The van der Waals surface area contributed by atoms with Gasteiger partial charge in [0, 0.05) is 21.5 Å². The fourth-order valence-corrected chi connectivity index (χ4v) is 8.83. The Hall–Kier alpha value is -4.15. The topological polar surface area (TPSA) is 178 Å². The number of thiazole rings is 1. The first kappa shape index (κ1) is 30.9. The normalized spacial score (nSPS) is 19.3. The SMILES string of the molecule is COc1cc([C@@H]2c3sc(=O)n(CC(=O)Nc4ccc(S(N)(=O)=O)cc4)c3SC3C(=O)N(c4ccc(Cl)cc4)C(=O)C32)ccc1O. The zero-order chi connectivity index (χ0) is 32.2. The van der Waals surface area contributed by atoms with E-state index in [9.17, 15) is 32.7 Å². The Morgan fingerprint density at radius 3 is 2.38 bits per heavy atom. The Morgan fingerprint density at radius 2 is 1.73 bits per heavy atom. The summed E-state index contributed by atoms with van der Waals surface area (Å²) in [5.74, 6) is -3.18. The van der Waals surface area contributed by atoms with Crippen molar-refractivity contribution in [1.82, 2.24) is 4.57 Å². The van der Waals surface area contributed by atoms with Gasteiger partial charge in [-0.15, -0.1) is 0 Å². The first-order chi connectivity index (χ1) is 21.4. The van der Waals surface area contributed by atoms with E-state index in [0.717, 1.165) is 28.0 Å². The van der Waals surface area contributed by atoms with E-state index < -0.39 is 56.2 Å². The number of carbonyl (C=O) groups excluding carboxylic acids is 3. The lowest BCUT2D eigenvalue weighted by Gasteiger charge is -2.31. The Kier molecular flexibility index (Phi) is 7.99. The molecule has 1 saturated heterocycles. The standard InChI is InChI=1S/C29H23ClN4O8S3/c1-42-20-12-14(2-11-19(20)35)22-23-24(27(38)34(26(23)37)17-7-3-15(30)4-8-17)43-28-25(22)44-29(39)33(28)13-21(36)32-16-5-9-18(10-6-16)45(31,40)41/h2-12,22-24,35H,13H2,1H3,(H,32,36)(H2,31,40,41)/t22-,23?,24?/m0/s1. The van der Waals surface area contributed by atoms with Gasteiger partial charge in [0.05, 0.1) is 28.6 Å². The highest BCUT2D eigenvalue weighted by Gasteiger charge is 2.57. The number of nitrogens with two attached hydrogens (primary N) is 1. The van der Waals surface area contributed by atoms with Crippen LogP contribution in [0.5, 0.6) is 11.5 Å². The average molecular weight is 687 g/mol. The van der Waals surface area contributed by atoms with Gasteiger partial charge in [-0.25, -0.2) is 18.5 Å². The number of anilines is 2. The van der Waals surface area contributed by atoms with Crippen LogP contribution in [-0.2, 0) is 31.0 Å². The van der Waals surface area contributed by atoms with Crippen LogP contribution < -0.4 is 25.0 Å². The van der Waals surface area contributed by atoms with Crippen molar-refractivity contribution in [2.45, 2.75) is 27.6 Å². The van der Waals surface area contributed by atoms with Gasteiger partial charge in [0.25, 0.3) is 0 Å². The van der Waals surface area contributed by atoms with E-state index in [0.29, 0.717) is 26.2 Å². The van der Waals surface area contributed by atoms with Crippen molar-refractivity contribution in [3.05, 3.63) is 91.9 Å². The second kappa shape index (κ2) is 11.7. The van der Waals surface area contributed by atoms with Crippen LogP contribution in [0.1, 0.15) is 16.4 Å². The van der Waals surface area contributed by atoms with Gasteiger partial charge >= 0.3 is 4.87 Å². The highest BCUT2D eigenvalue weighted by atomic mass is 35.5. The number of carbonyl (C=O) groups is 3. The molecule has 4 aromatic rings. The molecule has 45 heavy (non-hydrogen) atoms. The van der Waals surface area contributed by atoms with E-state index >= 15 is 0 Å². The monoisotopic (exact) mass is 686 g/mol. The molecule has 3 aromatic carbocycles. The number of aromatic hydroxyl groups is 1. The predicted octanol–water partition coefficient (Wildman–Crippen LogP) is 3.36. The average Bonchev–Trinajstić information content (AvgIpc) is 3.44. The predicted molar refractivity (Wildman–Crippen MR) is 169 cm³/mol. The van der Waals surface area contributed by atoms with Crippen LogP contribution in [0.2, 0.25) is 5.02 Å². The number of hydrogen-bond acceptors (Lipinski definition) is 10. The number of methoxy groups -OCH3 is 1. The molecular weight excluding hydrogens is 664 g/mol. The van der Waals surface area contributed by atoms with E-state index in [4.69, 9.17) is 21.5 Å². The first-order valence-corrected chi connectivity index (χ1v) is 16.8. The fraction of sp³-hybridized carbons (Fsp3) is 0.172. The molecule has 3 heterocycles. The number of phenolic OH excluding ortho intramolecular Hbond substituents is 1. The lowest BCUT2D eigenvalue weighted by Crippen LogP contribution is -2.33. The number of nitrogens with zero attached hydrogens (tertiary/aromatic N) is 2. The van der Waals surface area contributed by atoms with Gasteiger partial charge in [-0.05, 0) is 66.2 Å². The second-order valence-electron chi connectivity index (χ2n) is 10.2. The molecule has 4 N–H and O–H groups in total. The molecule has 0 bridgehead atoms. The molecule has 3 atom stereocenters. The maximum absolute atomic E-state index is 14.0. The van der Waals surface area contributed by atoms with Crippen LogP contribution in [0.3, 0.4) is 0 Å². The van der Waals surface area contributed by atoms with Crippen molar-refractivity contribution in [2.24, 2.45) is 11.1 Å². The fourth-order valence-electron chi connectivity index (χ4n) is 5.42. The number of primary sulfonamides is 1. The maximum Gasteiger partial charge on any atom is 0.308 e. The van der Waals surface area contributed by atoms with Crippen LogP contribution in [-0.4, -0.2) is 48.2 Å². The number of aromatic nitrogens is 1. The third kappa shape index (κ3) is 5.61. The number of ether oxygens (including phenoxy) is 1. The van der Waals surface area contributed by atoms with Crippen molar-refractivity contribution in [3.8, 4) is 11.5 Å². The molecule has 0 spiro atoms. The molecule has 2 unspecified atom stereocenters. The molecule has 1 fully saturated rings. The number of fused-ring (bicyclic) bond motifs is 2. The van der Waals surface area contributed by atoms with Crippen molar-refractivity contribution < 1.29 is 32.6 Å². The summed E-state index contributed by atoms with van der Waals surface area (Å²) < 4.78 is 29.7. The van der Waals surface area contributed by atoms with Crippen LogP contribution in [0.15, 0.2) is 81.4 Å². The summed E-state index contributed by atoms with van der Waals surface area (Å²) in [5.41, 5.74) is 1.16. The quantitative estimate of drug-likeness (QED) is 0.246. The highest BCUT2D eigenvalue weighted by Crippen LogP contribution is 2.54. The van der Waals surface area contributed by atoms with E-state index in [1.165, 1.54) is 42.0 Å². The van der Waals surface area contributed by atoms with Crippen LogP contribution >= 0.6 is 34.7 Å². The van der Waals surface area contributed by atoms with Gasteiger partial charge < -0.3 is 15.2 Å². The van der Waals surface area contributed by atoms with Crippen molar-refractivity contribution in [2.75, 3.05) is 17.3 Å². The largest absolute Gasteiger partial charge is 0.504 e. The van der Waals surface area contributed by atoms with Gasteiger partial charge in [-0.3, -0.25) is 23.7 Å². The maximum atomic E-state index is 14.0. The first-order valence-electron chi connectivity index (χ1n) is 13.2.